The molecule has 0 unspecified atom stereocenters. The first-order valence-corrected chi connectivity index (χ1v) is 12.6. The number of carbonyl (C=O) groups is 1. The molecule has 0 N–H and O–H groups in total. The van der Waals surface area contributed by atoms with Crippen molar-refractivity contribution < 1.29 is 9.72 Å². The van der Waals surface area contributed by atoms with Gasteiger partial charge < -0.3 is 4.57 Å². The number of hydrogen-bond acceptors (Lipinski definition) is 4. The standard InChI is InChI=1S/C31H20N2O3S/c34-31-26-13-7-8-14-28(26)37-29(31)20-23-19-27(21-9-3-1-4-10-21)32(30(23)22-11-5-2-6-12-22)24-15-17-25(18-16-24)33(35)36/h1-20H/b29-20-. The van der Waals surface area contributed by atoms with Crippen molar-refractivity contribution in [1.29, 1.82) is 0 Å². The van der Waals surface area contributed by atoms with Gasteiger partial charge >= 0.3 is 0 Å². The Kier molecular flexibility index (Phi) is 5.79. The molecule has 0 atom stereocenters. The van der Waals surface area contributed by atoms with Crippen molar-refractivity contribution in [3.05, 3.63) is 141 Å². The molecule has 2 heterocycles. The normalized spacial score (nSPS) is 13.6. The predicted molar refractivity (Wildman–Crippen MR) is 148 cm³/mol. The summed E-state index contributed by atoms with van der Waals surface area (Å²) in [6.45, 7) is 0. The quantitative estimate of drug-likeness (QED) is 0.139. The van der Waals surface area contributed by atoms with Crippen LogP contribution in [0.3, 0.4) is 0 Å². The van der Waals surface area contributed by atoms with Gasteiger partial charge in [-0.25, -0.2) is 0 Å². The second-order valence-electron chi connectivity index (χ2n) is 8.61. The minimum Gasteiger partial charge on any atom is -0.309 e. The molecule has 6 rings (SSSR count). The summed E-state index contributed by atoms with van der Waals surface area (Å²) in [6, 6.07) is 36.3. The maximum atomic E-state index is 13.2. The van der Waals surface area contributed by atoms with Crippen LogP contribution in [0.1, 0.15) is 15.9 Å². The summed E-state index contributed by atoms with van der Waals surface area (Å²) in [7, 11) is 0. The van der Waals surface area contributed by atoms with Gasteiger partial charge in [0.1, 0.15) is 0 Å². The molecule has 4 aromatic carbocycles. The zero-order chi connectivity index (χ0) is 25.4. The molecule has 0 fully saturated rings. The van der Waals surface area contributed by atoms with Gasteiger partial charge in [0.05, 0.1) is 21.2 Å². The molecule has 0 spiro atoms. The van der Waals surface area contributed by atoms with Gasteiger partial charge in [0, 0.05) is 33.8 Å². The van der Waals surface area contributed by atoms with Crippen LogP contribution in [0.15, 0.2) is 125 Å². The molecule has 1 aliphatic heterocycles. The summed E-state index contributed by atoms with van der Waals surface area (Å²) in [5.74, 6) is 0.0176. The fourth-order valence-corrected chi connectivity index (χ4v) is 5.66. The first-order chi connectivity index (χ1) is 18.1. The highest BCUT2D eigenvalue weighted by atomic mass is 32.2. The molecule has 0 aliphatic carbocycles. The Morgan fingerprint density at radius 3 is 2.03 bits per heavy atom. The zero-order valence-electron chi connectivity index (χ0n) is 19.6. The van der Waals surface area contributed by atoms with E-state index in [1.165, 1.54) is 23.9 Å². The number of hydrogen-bond donors (Lipinski definition) is 0. The number of aromatic nitrogens is 1. The Bertz CT molecular complexity index is 1670. The van der Waals surface area contributed by atoms with Crippen molar-refractivity contribution in [1.82, 2.24) is 4.57 Å². The maximum Gasteiger partial charge on any atom is 0.269 e. The molecule has 5 aromatic rings. The van der Waals surface area contributed by atoms with Crippen molar-refractivity contribution in [2.45, 2.75) is 4.90 Å². The molecule has 1 aromatic heterocycles. The molecule has 0 saturated heterocycles. The lowest BCUT2D eigenvalue weighted by molar-refractivity contribution is -0.384. The molecule has 37 heavy (non-hydrogen) atoms. The van der Waals surface area contributed by atoms with Crippen LogP contribution in [-0.4, -0.2) is 15.3 Å². The van der Waals surface area contributed by atoms with Crippen LogP contribution in [-0.2, 0) is 0 Å². The number of nitrogens with zero attached hydrogens (tertiary/aromatic N) is 2. The van der Waals surface area contributed by atoms with Gasteiger partial charge in [-0.1, -0.05) is 84.6 Å². The number of fused-ring (bicyclic) bond motifs is 1. The summed E-state index contributed by atoms with van der Waals surface area (Å²) in [5, 5.41) is 11.3. The number of rotatable bonds is 5. The Hall–Kier alpha value is -4.68. The van der Waals surface area contributed by atoms with E-state index in [0.717, 1.165) is 44.2 Å². The first-order valence-electron chi connectivity index (χ1n) is 11.7. The third-order valence-electron chi connectivity index (χ3n) is 6.33. The van der Waals surface area contributed by atoms with E-state index in [4.69, 9.17) is 0 Å². The number of ketones is 1. The van der Waals surface area contributed by atoms with E-state index < -0.39 is 4.92 Å². The minimum atomic E-state index is -0.397. The van der Waals surface area contributed by atoms with Crippen LogP contribution in [0.5, 0.6) is 0 Å². The molecule has 5 nitrogen and oxygen atoms in total. The lowest BCUT2D eigenvalue weighted by Gasteiger charge is -2.15. The summed E-state index contributed by atoms with van der Waals surface area (Å²) < 4.78 is 2.11. The van der Waals surface area contributed by atoms with E-state index >= 15 is 0 Å². The lowest BCUT2D eigenvalue weighted by atomic mass is 10.1. The van der Waals surface area contributed by atoms with Crippen LogP contribution >= 0.6 is 11.8 Å². The smallest absolute Gasteiger partial charge is 0.269 e. The van der Waals surface area contributed by atoms with Gasteiger partial charge in [0.2, 0.25) is 5.78 Å². The lowest BCUT2D eigenvalue weighted by Crippen LogP contribution is -2.00. The van der Waals surface area contributed by atoms with E-state index in [0.29, 0.717) is 4.91 Å². The number of carbonyl (C=O) groups excluding carboxylic acids is 1. The largest absolute Gasteiger partial charge is 0.309 e. The highest BCUT2D eigenvalue weighted by molar-refractivity contribution is 8.04. The number of benzene rings is 4. The van der Waals surface area contributed by atoms with Crippen molar-refractivity contribution in [2.75, 3.05) is 0 Å². The SMILES string of the molecule is O=C1/C(=C/c2cc(-c3ccccc3)n(-c3ccc([N+](=O)[O-])cc3)c2-c2ccccc2)Sc2ccccc21. The number of nitro benzene ring substituents is 1. The highest BCUT2D eigenvalue weighted by Gasteiger charge is 2.27. The van der Waals surface area contributed by atoms with Crippen LogP contribution in [0, 0.1) is 10.1 Å². The molecule has 0 saturated carbocycles. The van der Waals surface area contributed by atoms with Gasteiger partial charge in [0.25, 0.3) is 5.69 Å². The number of allylic oxidation sites excluding steroid dienone is 1. The Labute approximate surface area is 217 Å². The van der Waals surface area contributed by atoms with Gasteiger partial charge in [-0.15, -0.1) is 0 Å². The Morgan fingerprint density at radius 1 is 0.757 bits per heavy atom. The molecule has 0 radical (unpaired) electrons. The van der Waals surface area contributed by atoms with E-state index in [9.17, 15) is 14.9 Å². The third kappa shape index (κ3) is 4.17. The van der Waals surface area contributed by atoms with Gasteiger partial charge in [0.15, 0.2) is 0 Å². The van der Waals surface area contributed by atoms with Crippen molar-refractivity contribution in [3.8, 4) is 28.2 Å². The predicted octanol–water partition coefficient (Wildman–Crippen LogP) is 8.05. The highest BCUT2D eigenvalue weighted by Crippen LogP contribution is 2.43. The molecule has 0 amide bonds. The van der Waals surface area contributed by atoms with Crippen molar-refractivity contribution >= 4 is 29.3 Å². The topological polar surface area (TPSA) is 65.1 Å². The number of Topliss-reactive ketones (excluding diaryl/α,β-unsaturated/α-hetero) is 1. The van der Waals surface area contributed by atoms with Crippen molar-refractivity contribution in [2.24, 2.45) is 0 Å². The Balaban J connectivity index is 1.61. The second kappa shape index (κ2) is 9.41. The van der Waals surface area contributed by atoms with E-state index in [-0.39, 0.29) is 11.5 Å². The van der Waals surface area contributed by atoms with Crippen molar-refractivity contribution in [3.63, 3.8) is 0 Å². The second-order valence-corrected chi connectivity index (χ2v) is 9.69. The van der Waals surface area contributed by atoms with Crippen LogP contribution < -0.4 is 0 Å². The zero-order valence-corrected chi connectivity index (χ0v) is 20.4. The fraction of sp³-hybridized carbons (Fsp3) is 0. The summed E-state index contributed by atoms with van der Waals surface area (Å²) in [6.07, 6.45) is 1.96. The third-order valence-corrected chi connectivity index (χ3v) is 7.43. The number of thioether (sulfide) groups is 1. The molecule has 6 heteroatoms. The van der Waals surface area contributed by atoms with Crippen LogP contribution in [0.4, 0.5) is 5.69 Å². The molecule has 178 valence electrons. The molecule has 1 aliphatic rings. The van der Waals surface area contributed by atoms with Gasteiger partial charge in [-0.05, 0) is 47.5 Å². The van der Waals surface area contributed by atoms with E-state index in [2.05, 4.69) is 10.6 Å². The molecular weight excluding hydrogens is 480 g/mol. The average molecular weight is 501 g/mol. The summed E-state index contributed by atoms with van der Waals surface area (Å²) in [5.41, 5.74) is 6.25. The van der Waals surface area contributed by atoms with Crippen LogP contribution in [0.2, 0.25) is 0 Å². The Morgan fingerprint density at radius 2 is 1.38 bits per heavy atom. The van der Waals surface area contributed by atoms with Gasteiger partial charge in [-0.2, -0.15) is 0 Å². The maximum absolute atomic E-state index is 13.2. The summed E-state index contributed by atoms with van der Waals surface area (Å²) >= 11 is 1.48. The first kappa shape index (κ1) is 22.8. The van der Waals surface area contributed by atoms with E-state index in [1.807, 2.05) is 91.0 Å². The minimum absolute atomic E-state index is 0.0176. The van der Waals surface area contributed by atoms with Gasteiger partial charge in [-0.3, -0.25) is 14.9 Å². The molecular formula is C31H20N2O3S. The fourth-order valence-electron chi connectivity index (χ4n) is 4.62. The van der Waals surface area contributed by atoms with Crippen LogP contribution in [0.25, 0.3) is 34.3 Å². The average Bonchev–Trinajstić information content (AvgIpc) is 3.47. The monoisotopic (exact) mass is 500 g/mol. The summed E-state index contributed by atoms with van der Waals surface area (Å²) in [4.78, 5) is 25.8. The van der Waals surface area contributed by atoms with E-state index in [1.54, 1.807) is 12.1 Å². The number of nitro groups is 1. The number of non-ortho nitro benzene ring substituents is 1. The molecule has 0 bridgehead atoms.